The van der Waals surface area contributed by atoms with E-state index in [4.69, 9.17) is 10.00 Å². The Labute approximate surface area is 116 Å². The average molecular weight is 263 g/mol. The van der Waals surface area contributed by atoms with Gasteiger partial charge in [0.05, 0.1) is 17.1 Å². The van der Waals surface area contributed by atoms with Crippen LogP contribution in [0.1, 0.15) is 17.0 Å². The van der Waals surface area contributed by atoms with Crippen LogP contribution in [-0.2, 0) is 6.61 Å². The molecular weight excluding hydrogens is 250 g/mol. The zero-order valence-electron chi connectivity index (χ0n) is 11.1. The summed E-state index contributed by atoms with van der Waals surface area (Å²) >= 11 is 0. The van der Waals surface area contributed by atoms with Crippen LogP contribution in [0, 0.1) is 18.3 Å². The minimum Gasteiger partial charge on any atom is -0.487 e. The Morgan fingerprint density at radius 3 is 2.80 bits per heavy atom. The number of aromatic nitrogens is 2. The third-order valence-electron chi connectivity index (χ3n) is 3.04. The molecule has 0 bridgehead atoms. The molecule has 0 saturated carbocycles. The molecule has 1 N–H and O–H groups in total. The number of nitriles is 1. The largest absolute Gasteiger partial charge is 0.487 e. The van der Waals surface area contributed by atoms with Crippen molar-refractivity contribution in [1.29, 1.82) is 5.26 Å². The standard InChI is InChI=1S/C16H13N3O/c1-11-18-14-7-13(9-17)8-15(16(14)19-11)20-10-12-5-3-2-4-6-12/h2-8H,10H2,1H3,(H,18,19). The van der Waals surface area contributed by atoms with Gasteiger partial charge in [0, 0.05) is 6.07 Å². The zero-order chi connectivity index (χ0) is 13.9. The second-order valence-electron chi connectivity index (χ2n) is 4.58. The van der Waals surface area contributed by atoms with Crippen LogP contribution in [0.15, 0.2) is 42.5 Å². The fraction of sp³-hybridized carbons (Fsp3) is 0.125. The lowest BCUT2D eigenvalue weighted by Gasteiger charge is -2.07. The highest BCUT2D eigenvalue weighted by Crippen LogP contribution is 2.26. The number of fused-ring (bicyclic) bond motifs is 1. The summed E-state index contributed by atoms with van der Waals surface area (Å²) in [6.45, 7) is 2.34. The van der Waals surface area contributed by atoms with Crippen LogP contribution >= 0.6 is 0 Å². The predicted octanol–water partition coefficient (Wildman–Crippen LogP) is 3.32. The van der Waals surface area contributed by atoms with Crippen molar-refractivity contribution >= 4 is 11.0 Å². The maximum absolute atomic E-state index is 9.07. The van der Waals surface area contributed by atoms with E-state index in [1.807, 2.05) is 37.3 Å². The molecule has 1 heterocycles. The number of nitrogens with zero attached hydrogens (tertiary/aromatic N) is 2. The summed E-state index contributed by atoms with van der Waals surface area (Å²) in [7, 11) is 0. The third-order valence-corrected chi connectivity index (χ3v) is 3.04. The lowest BCUT2D eigenvalue weighted by Crippen LogP contribution is -1.96. The van der Waals surface area contributed by atoms with E-state index in [9.17, 15) is 0 Å². The van der Waals surface area contributed by atoms with Crippen molar-refractivity contribution in [1.82, 2.24) is 9.97 Å². The summed E-state index contributed by atoms with van der Waals surface area (Å²) in [5, 5.41) is 9.07. The molecule has 4 heteroatoms. The monoisotopic (exact) mass is 263 g/mol. The molecule has 0 radical (unpaired) electrons. The molecule has 0 fully saturated rings. The van der Waals surface area contributed by atoms with Gasteiger partial charge in [-0.25, -0.2) is 4.98 Å². The van der Waals surface area contributed by atoms with Crippen LogP contribution in [0.2, 0.25) is 0 Å². The number of aromatic amines is 1. The number of rotatable bonds is 3. The molecule has 98 valence electrons. The van der Waals surface area contributed by atoms with Gasteiger partial charge in [-0.05, 0) is 18.6 Å². The van der Waals surface area contributed by atoms with E-state index in [1.54, 1.807) is 12.1 Å². The minimum atomic E-state index is 0.455. The van der Waals surface area contributed by atoms with Crippen LogP contribution < -0.4 is 4.74 Å². The summed E-state index contributed by atoms with van der Waals surface area (Å²) in [6, 6.07) is 15.6. The molecule has 3 aromatic rings. The van der Waals surface area contributed by atoms with Gasteiger partial charge in [-0.3, -0.25) is 0 Å². The van der Waals surface area contributed by atoms with Crippen molar-refractivity contribution in [2.75, 3.05) is 0 Å². The first-order chi connectivity index (χ1) is 9.76. The molecule has 0 amide bonds. The topological polar surface area (TPSA) is 61.7 Å². The van der Waals surface area contributed by atoms with E-state index in [0.717, 1.165) is 22.4 Å². The minimum absolute atomic E-state index is 0.455. The lowest BCUT2D eigenvalue weighted by atomic mass is 10.2. The fourth-order valence-corrected chi connectivity index (χ4v) is 2.12. The molecule has 0 aliphatic rings. The van der Waals surface area contributed by atoms with E-state index < -0.39 is 0 Å². The van der Waals surface area contributed by atoms with Gasteiger partial charge in [-0.2, -0.15) is 5.26 Å². The summed E-state index contributed by atoms with van der Waals surface area (Å²) in [4.78, 5) is 7.54. The number of hydrogen-bond donors (Lipinski definition) is 1. The molecule has 1 aromatic heterocycles. The summed E-state index contributed by atoms with van der Waals surface area (Å²) in [5.41, 5.74) is 3.22. The van der Waals surface area contributed by atoms with Crippen LogP contribution in [0.3, 0.4) is 0 Å². The van der Waals surface area contributed by atoms with Gasteiger partial charge in [-0.15, -0.1) is 0 Å². The van der Waals surface area contributed by atoms with Gasteiger partial charge >= 0.3 is 0 Å². The SMILES string of the molecule is Cc1nc2c(OCc3ccccc3)cc(C#N)cc2[nH]1. The smallest absolute Gasteiger partial charge is 0.148 e. The van der Waals surface area contributed by atoms with Crippen LogP contribution in [0.25, 0.3) is 11.0 Å². The molecule has 4 nitrogen and oxygen atoms in total. The quantitative estimate of drug-likeness (QED) is 0.788. The first kappa shape index (κ1) is 12.2. The summed E-state index contributed by atoms with van der Waals surface area (Å²) in [6.07, 6.45) is 0. The van der Waals surface area contributed by atoms with E-state index in [0.29, 0.717) is 17.9 Å². The van der Waals surface area contributed by atoms with Crippen molar-refractivity contribution in [3.63, 3.8) is 0 Å². The van der Waals surface area contributed by atoms with Crippen molar-refractivity contribution in [3.05, 3.63) is 59.4 Å². The van der Waals surface area contributed by atoms with Gasteiger partial charge in [0.25, 0.3) is 0 Å². The molecule has 0 atom stereocenters. The maximum atomic E-state index is 9.07. The highest BCUT2D eigenvalue weighted by Gasteiger charge is 2.09. The maximum Gasteiger partial charge on any atom is 0.148 e. The number of H-pyrrole nitrogens is 1. The Hall–Kier alpha value is -2.80. The fourth-order valence-electron chi connectivity index (χ4n) is 2.12. The number of imidazole rings is 1. The van der Waals surface area contributed by atoms with Crippen molar-refractivity contribution in [2.45, 2.75) is 13.5 Å². The number of benzene rings is 2. The summed E-state index contributed by atoms with van der Waals surface area (Å²) in [5.74, 6) is 1.44. The Morgan fingerprint density at radius 1 is 1.25 bits per heavy atom. The average Bonchev–Trinajstić information content (AvgIpc) is 2.86. The van der Waals surface area contributed by atoms with E-state index in [-0.39, 0.29) is 0 Å². The van der Waals surface area contributed by atoms with Gasteiger partial charge in [-0.1, -0.05) is 30.3 Å². The molecule has 0 aliphatic heterocycles. The highest BCUT2D eigenvalue weighted by molar-refractivity contribution is 5.83. The second-order valence-corrected chi connectivity index (χ2v) is 4.58. The van der Waals surface area contributed by atoms with Crippen LogP contribution in [-0.4, -0.2) is 9.97 Å². The van der Waals surface area contributed by atoms with Crippen molar-refractivity contribution < 1.29 is 4.74 Å². The van der Waals surface area contributed by atoms with Crippen LogP contribution in [0.4, 0.5) is 0 Å². The van der Waals surface area contributed by atoms with Gasteiger partial charge < -0.3 is 9.72 Å². The first-order valence-corrected chi connectivity index (χ1v) is 6.33. The number of ether oxygens (including phenoxy) is 1. The zero-order valence-corrected chi connectivity index (χ0v) is 11.1. The normalized spacial score (nSPS) is 10.4. The molecule has 3 rings (SSSR count). The van der Waals surface area contributed by atoms with Crippen LogP contribution in [0.5, 0.6) is 5.75 Å². The Kier molecular flexibility index (Phi) is 3.10. The van der Waals surface area contributed by atoms with E-state index >= 15 is 0 Å². The highest BCUT2D eigenvalue weighted by atomic mass is 16.5. The second kappa shape index (κ2) is 5.06. The molecule has 0 saturated heterocycles. The molecule has 0 spiro atoms. The summed E-state index contributed by atoms with van der Waals surface area (Å²) < 4.78 is 5.83. The Bertz CT molecular complexity index is 785. The number of nitrogens with one attached hydrogen (secondary N) is 1. The van der Waals surface area contributed by atoms with E-state index in [2.05, 4.69) is 16.0 Å². The van der Waals surface area contributed by atoms with E-state index in [1.165, 1.54) is 0 Å². The van der Waals surface area contributed by atoms with Crippen molar-refractivity contribution in [3.8, 4) is 11.8 Å². The Morgan fingerprint density at radius 2 is 2.05 bits per heavy atom. The predicted molar refractivity (Wildman–Crippen MR) is 76.3 cm³/mol. The molecule has 20 heavy (non-hydrogen) atoms. The van der Waals surface area contributed by atoms with Gasteiger partial charge in [0.2, 0.25) is 0 Å². The lowest BCUT2D eigenvalue weighted by molar-refractivity contribution is 0.309. The number of aryl methyl sites for hydroxylation is 1. The third kappa shape index (κ3) is 2.34. The first-order valence-electron chi connectivity index (χ1n) is 6.33. The molecule has 2 aromatic carbocycles. The van der Waals surface area contributed by atoms with Gasteiger partial charge in [0.15, 0.2) is 0 Å². The van der Waals surface area contributed by atoms with Crippen molar-refractivity contribution in [2.24, 2.45) is 0 Å². The molecule has 0 unspecified atom stereocenters. The molecular formula is C16H13N3O. The molecule has 0 aliphatic carbocycles. The number of hydrogen-bond acceptors (Lipinski definition) is 3. The Balaban J connectivity index is 1.96. The van der Waals surface area contributed by atoms with Gasteiger partial charge in [0.1, 0.15) is 23.7 Å².